The van der Waals surface area contributed by atoms with Crippen molar-refractivity contribution in [1.82, 2.24) is 0 Å². The molecule has 0 saturated heterocycles. The topological polar surface area (TPSA) is 0 Å². The second-order valence-corrected chi connectivity index (χ2v) is 11.4. The average molecular weight is 497 g/mol. The number of hydrogen-bond acceptors (Lipinski definition) is 0. The number of rotatable bonds is 8. The van der Waals surface area contributed by atoms with Crippen LogP contribution in [0, 0.1) is 0 Å². The average Bonchev–Trinajstić information content (AvgIpc) is 2.03. The summed E-state index contributed by atoms with van der Waals surface area (Å²) < 4.78 is 6.51. The first-order valence-corrected chi connectivity index (χ1v) is 15.2. The fraction of sp³-hybridized carbons (Fsp3) is 1.00. The Hall–Kier alpha value is 2.37. The van der Waals surface area contributed by atoms with Gasteiger partial charge in [0, 0.05) is 0 Å². The van der Waals surface area contributed by atoms with Crippen molar-refractivity contribution in [3.05, 3.63) is 0 Å². The van der Waals surface area contributed by atoms with Gasteiger partial charge in [0.05, 0.1) is 0 Å². The van der Waals surface area contributed by atoms with E-state index in [1.165, 1.54) is 0 Å². The number of hydrogen-bond donors (Lipinski definition) is 0. The molecule has 0 aliphatic heterocycles. The van der Waals surface area contributed by atoms with Crippen molar-refractivity contribution in [2.24, 2.45) is 0 Å². The molecule has 0 aromatic rings. The van der Waals surface area contributed by atoms with Crippen molar-refractivity contribution in [3.63, 3.8) is 0 Å². The van der Waals surface area contributed by atoms with Gasteiger partial charge in [-0.25, -0.2) is 0 Å². The molecule has 3 heteroatoms. The summed E-state index contributed by atoms with van der Waals surface area (Å²) in [6, 6.07) is 0. The van der Waals surface area contributed by atoms with E-state index in [0.29, 0.717) is 62.8 Å². The molecule has 0 aromatic heterocycles. The summed E-state index contributed by atoms with van der Waals surface area (Å²) in [4.78, 5) is 4.85. The van der Waals surface area contributed by atoms with Crippen LogP contribution in [0.15, 0.2) is 0 Å². The summed E-state index contributed by atoms with van der Waals surface area (Å²) in [5.74, 6) is 0. The molecule has 0 rings (SSSR count). The fourth-order valence-corrected chi connectivity index (χ4v) is 9.29. The molecule has 0 radical (unpaired) electrons. The minimum atomic E-state index is 0.461. The summed E-state index contributed by atoms with van der Waals surface area (Å²) in [5, 5.41) is 0. The summed E-state index contributed by atoms with van der Waals surface area (Å²) in [7, 11) is 0. The monoisotopic (exact) mass is 504 g/mol. The van der Waals surface area contributed by atoms with Gasteiger partial charge in [0.25, 0.3) is 0 Å². The Kier molecular flexibility index (Phi) is 15.0. The van der Waals surface area contributed by atoms with E-state index in [1.54, 1.807) is 30.7 Å². The third-order valence-electron chi connectivity index (χ3n) is 1.27. The van der Waals surface area contributed by atoms with Crippen LogP contribution < -0.4 is 0 Å². The Bertz CT molecular complexity index is 58.4. The van der Waals surface area contributed by atoms with Crippen molar-refractivity contribution >= 4 is 62.8 Å². The van der Waals surface area contributed by atoms with Crippen LogP contribution in [0.4, 0.5) is 0 Å². The first-order chi connectivity index (χ1) is 5.41. The summed E-state index contributed by atoms with van der Waals surface area (Å²) in [6.07, 6.45) is 3.17. The molecule has 0 fully saturated rings. The molecule has 0 bridgehead atoms. The molecule has 0 amide bonds. The maximum absolute atomic E-state index is 2.42. The van der Waals surface area contributed by atoms with Gasteiger partial charge in [-0.05, 0) is 0 Å². The molecule has 68 valence electrons. The summed E-state index contributed by atoms with van der Waals surface area (Å²) >= 11 is 1.41. The van der Waals surface area contributed by atoms with Crippen LogP contribution in [0.25, 0.3) is 0 Å². The van der Waals surface area contributed by atoms with Gasteiger partial charge in [-0.1, -0.05) is 0 Å². The van der Waals surface area contributed by atoms with E-state index in [9.17, 15) is 0 Å². The van der Waals surface area contributed by atoms with Gasteiger partial charge in [-0.15, -0.1) is 0 Å². The van der Waals surface area contributed by atoms with Crippen LogP contribution in [-0.4, -0.2) is 62.8 Å². The van der Waals surface area contributed by atoms with E-state index in [1.807, 2.05) is 0 Å². The molecule has 0 nitrogen and oxygen atoms in total. The predicted octanol–water partition coefficient (Wildman–Crippen LogP) is 2.65. The zero-order valence-electron chi connectivity index (χ0n) is 7.47. The molecular formula is C8H18Te3. The van der Waals surface area contributed by atoms with E-state index in [4.69, 9.17) is 0 Å². The van der Waals surface area contributed by atoms with Crippen molar-refractivity contribution in [3.8, 4) is 0 Å². The van der Waals surface area contributed by atoms with E-state index < -0.39 is 0 Å². The Morgan fingerprint density at radius 1 is 0.727 bits per heavy atom. The molecule has 0 unspecified atom stereocenters. The summed E-state index contributed by atoms with van der Waals surface area (Å²) in [6.45, 7) is 0. The van der Waals surface area contributed by atoms with Crippen LogP contribution in [0.5, 0.6) is 0 Å². The molecule has 11 heavy (non-hydrogen) atoms. The van der Waals surface area contributed by atoms with Gasteiger partial charge in [0.2, 0.25) is 0 Å². The SMILES string of the molecule is C[Te]CCC[Te]CCC[Te]C. The molecular weight excluding hydrogens is 479 g/mol. The quantitative estimate of drug-likeness (QED) is 0.358. The van der Waals surface area contributed by atoms with Crippen LogP contribution in [0.3, 0.4) is 0 Å². The molecule has 0 aromatic carbocycles. The molecule has 0 heterocycles. The van der Waals surface area contributed by atoms with Crippen molar-refractivity contribution in [2.45, 2.75) is 40.7 Å². The Morgan fingerprint density at radius 3 is 1.55 bits per heavy atom. The Balaban J connectivity index is 2.69. The van der Waals surface area contributed by atoms with Crippen LogP contribution >= 0.6 is 0 Å². The van der Waals surface area contributed by atoms with E-state index >= 15 is 0 Å². The first kappa shape index (κ1) is 13.4. The fourth-order valence-electron chi connectivity index (χ4n) is 0.713. The van der Waals surface area contributed by atoms with Gasteiger partial charge in [0.15, 0.2) is 0 Å². The maximum atomic E-state index is 2.42. The third-order valence-corrected chi connectivity index (χ3v) is 8.55. The normalized spacial score (nSPS) is 10.4. The van der Waals surface area contributed by atoms with Gasteiger partial charge in [-0.2, -0.15) is 0 Å². The predicted molar refractivity (Wildman–Crippen MR) is 57.5 cm³/mol. The Morgan fingerprint density at radius 2 is 1.18 bits per heavy atom. The first-order valence-electron chi connectivity index (χ1n) is 3.97. The van der Waals surface area contributed by atoms with Crippen LogP contribution in [-0.2, 0) is 0 Å². The van der Waals surface area contributed by atoms with Gasteiger partial charge >= 0.3 is 103 Å². The van der Waals surface area contributed by atoms with Crippen LogP contribution in [0.1, 0.15) is 12.8 Å². The van der Waals surface area contributed by atoms with E-state index in [-0.39, 0.29) is 0 Å². The Labute approximate surface area is 102 Å². The zero-order valence-corrected chi connectivity index (χ0v) is 14.5. The van der Waals surface area contributed by atoms with Crippen molar-refractivity contribution in [1.29, 1.82) is 0 Å². The molecule has 0 saturated carbocycles. The second-order valence-electron chi connectivity index (χ2n) is 2.31. The molecule has 0 atom stereocenters. The van der Waals surface area contributed by atoms with E-state index in [0.717, 1.165) is 0 Å². The second kappa shape index (κ2) is 12.4. The van der Waals surface area contributed by atoms with Gasteiger partial charge in [0.1, 0.15) is 0 Å². The molecule has 0 N–H and O–H groups in total. The molecule has 0 aliphatic rings. The zero-order chi connectivity index (χ0) is 8.36. The van der Waals surface area contributed by atoms with Crippen LogP contribution in [0.2, 0.25) is 27.8 Å². The third kappa shape index (κ3) is 12.4. The van der Waals surface area contributed by atoms with Gasteiger partial charge < -0.3 is 0 Å². The standard InChI is InChI=1S/C8H18Te3/c1-9-5-3-7-11-8-4-6-10-2/h3-8H2,1-2H3. The van der Waals surface area contributed by atoms with E-state index in [2.05, 4.69) is 9.94 Å². The molecule has 0 aliphatic carbocycles. The van der Waals surface area contributed by atoms with Crippen molar-refractivity contribution < 1.29 is 0 Å². The van der Waals surface area contributed by atoms with Crippen molar-refractivity contribution in [2.75, 3.05) is 0 Å². The van der Waals surface area contributed by atoms with Gasteiger partial charge in [-0.3, -0.25) is 0 Å². The molecule has 0 spiro atoms. The summed E-state index contributed by atoms with van der Waals surface area (Å²) in [5.41, 5.74) is 0. The minimum absolute atomic E-state index is 0.461.